The van der Waals surface area contributed by atoms with E-state index in [1.54, 1.807) is 19.1 Å². The third-order valence-corrected chi connectivity index (χ3v) is 6.06. The fraction of sp³-hybridized carbons (Fsp3) is 0.360. The molecule has 0 aliphatic carbocycles. The fourth-order valence-corrected chi connectivity index (χ4v) is 4.41. The molecule has 4 rings (SSSR count). The number of carbonyl (C=O) groups excluding carboxylic acids is 2. The zero-order valence-electron chi connectivity index (χ0n) is 18.4. The maximum absolute atomic E-state index is 13.4. The van der Waals surface area contributed by atoms with Crippen molar-refractivity contribution >= 4 is 12.0 Å². The Kier molecular flexibility index (Phi) is 6.55. The predicted molar refractivity (Wildman–Crippen MR) is 119 cm³/mol. The first-order chi connectivity index (χ1) is 15.4. The first kappa shape index (κ1) is 22.0. The van der Waals surface area contributed by atoms with E-state index >= 15 is 0 Å². The highest BCUT2D eigenvalue weighted by molar-refractivity contribution is 5.95. The summed E-state index contributed by atoms with van der Waals surface area (Å²) in [5, 5.41) is 5.61. The van der Waals surface area contributed by atoms with Crippen molar-refractivity contribution in [1.29, 1.82) is 0 Å². The van der Waals surface area contributed by atoms with Gasteiger partial charge in [0.05, 0.1) is 18.2 Å². The Morgan fingerprint density at radius 2 is 1.81 bits per heavy atom. The topological polar surface area (TPSA) is 70.7 Å². The summed E-state index contributed by atoms with van der Waals surface area (Å²) in [5.74, 6) is -0.457. The highest BCUT2D eigenvalue weighted by atomic mass is 19.1. The van der Waals surface area contributed by atoms with E-state index in [2.05, 4.69) is 46.7 Å². The van der Waals surface area contributed by atoms with Crippen LogP contribution in [0, 0.1) is 12.7 Å². The van der Waals surface area contributed by atoms with Gasteiger partial charge in [-0.1, -0.05) is 42.0 Å². The standard InChI is InChI=1S/C25H28FN3O3/c1-3-32-24(30)22-21(27-25(31)28-23(22)18-8-10-20(26)11-9-18)15-29-13-12-19(14-29)17-6-4-16(2)5-7-17/h4-11,19,23H,3,12-15H2,1-2H3,(H2,27,28,31). The molecule has 32 heavy (non-hydrogen) atoms. The number of aryl methyl sites for hydroxylation is 1. The van der Waals surface area contributed by atoms with Gasteiger partial charge in [0.25, 0.3) is 0 Å². The lowest BCUT2D eigenvalue weighted by Crippen LogP contribution is -2.48. The summed E-state index contributed by atoms with van der Waals surface area (Å²) >= 11 is 0. The van der Waals surface area contributed by atoms with Gasteiger partial charge >= 0.3 is 12.0 Å². The molecular weight excluding hydrogens is 409 g/mol. The van der Waals surface area contributed by atoms with Gasteiger partial charge in [-0.2, -0.15) is 0 Å². The molecule has 0 spiro atoms. The van der Waals surface area contributed by atoms with Gasteiger partial charge in [0.2, 0.25) is 0 Å². The number of ether oxygens (including phenoxy) is 1. The molecule has 0 aromatic heterocycles. The number of rotatable bonds is 6. The smallest absolute Gasteiger partial charge is 0.338 e. The molecule has 6 nitrogen and oxygen atoms in total. The van der Waals surface area contributed by atoms with E-state index in [-0.39, 0.29) is 12.4 Å². The van der Waals surface area contributed by atoms with E-state index in [1.807, 2.05) is 0 Å². The van der Waals surface area contributed by atoms with Gasteiger partial charge in [-0.05, 0) is 56.0 Å². The molecule has 2 aliphatic rings. The molecule has 1 saturated heterocycles. The summed E-state index contributed by atoms with van der Waals surface area (Å²) in [4.78, 5) is 27.6. The van der Waals surface area contributed by atoms with Crippen LogP contribution < -0.4 is 10.6 Å². The van der Waals surface area contributed by atoms with Crippen LogP contribution >= 0.6 is 0 Å². The van der Waals surface area contributed by atoms with Crippen LogP contribution in [0.25, 0.3) is 0 Å². The first-order valence-electron chi connectivity index (χ1n) is 11.0. The van der Waals surface area contributed by atoms with E-state index in [0.29, 0.717) is 29.3 Å². The number of benzene rings is 2. The normalized spacial score (nSPS) is 21.3. The minimum absolute atomic E-state index is 0.221. The Balaban J connectivity index is 1.60. The van der Waals surface area contributed by atoms with E-state index in [0.717, 1.165) is 19.5 Å². The summed E-state index contributed by atoms with van der Waals surface area (Å²) in [5.41, 5.74) is 4.05. The third kappa shape index (κ3) is 4.83. The van der Waals surface area contributed by atoms with Gasteiger partial charge in [-0.15, -0.1) is 0 Å². The highest BCUT2D eigenvalue weighted by Crippen LogP contribution is 2.31. The van der Waals surface area contributed by atoms with Gasteiger partial charge in [0.15, 0.2) is 0 Å². The molecule has 2 aliphatic heterocycles. The average molecular weight is 438 g/mol. The van der Waals surface area contributed by atoms with E-state index in [1.165, 1.54) is 23.3 Å². The zero-order chi connectivity index (χ0) is 22.7. The maximum atomic E-state index is 13.4. The molecule has 7 heteroatoms. The van der Waals surface area contributed by atoms with E-state index < -0.39 is 18.0 Å². The Labute approximate surface area is 187 Å². The van der Waals surface area contributed by atoms with Crippen LogP contribution in [0.2, 0.25) is 0 Å². The molecule has 2 atom stereocenters. The Bertz CT molecular complexity index is 1020. The van der Waals surface area contributed by atoms with Crippen LogP contribution in [0.15, 0.2) is 59.8 Å². The van der Waals surface area contributed by atoms with Crippen molar-refractivity contribution in [2.24, 2.45) is 0 Å². The van der Waals surface area contributed by atoms with Crippen LogP contribution in [0.3, 0.4) is 0 Å². The molecular formula is C25H28FN3O3. The number of nitrogens with zero attached hydrogens (tertiary/aromatic N) is 1. The molecule has 2 heterocycles. The number of hydrogen-bond acceptors (Lipinski definition) is 4. The van der Waals surface area contributed by atoms with E-state index in [4.69, 9.17) is 4.74 Å². The molecule has 2 aromatic carbocycles. The molecule has 0 radical (unpaired) electrons. The molecule has 2 unspecified atom stereocenters. The third-order valence-electron chi connectivity index (χ3n) is 6.06. The van der Waals surface area contributed by atoms with Crippen LogP contribution in [0.4, 0.5) is 9.18 Å². The maximum Gasteiger partial charge on any atom is 0.338 e. The molecule has 168 valence electrons. The fourth-order valence-electron chi connectivity index (χ4n) is 4.41. The quantitative estimate of drug-likeness (QED) is 0.675. The monoisotopic (exact) mass is 437 g/mol. The van der Waals surface area contributed by atoms with Gasteiger partial charge in [0.1, 0.15) is 5.82 Å². The average Bonchev–Trinajstić information content (AvgIpc) is 3.23. The minimum Gasteiger partial charge on any atom is -0.463 e. The molecule has 2 amide bonds. The first-order valence-corrected chi connectivity index (χ1v) is 11.0. The van der Waals surface area contributed by atoms with Crippen LogP contribution in [-0.4, -0.2) is 43.1 Å². The Morgan fingerprint density at radius 1 is 1.12 bits per heavy atom. The SMILES string of the molecule is CCOC(=O)C1=C(CN2CCC(c3ccc(C)cc3)C2)NC(=O)NC1c1ccc(F)cc1. The summed E-state index contributed by atoms with van der Waals surface area (Å²) in [7, 11) is 0. The molecule has 1 fully saturated rings. The van der Waals surface area contributed by atoms with E-state index in [9.17, 15) is 14.0 Å². The molecule has 2 aromatic rings. The number of amides is 2. The van der Waals surface area contributed by atoms with Crippen molar-refractivity contribution < 1.29 is 18.7 Å². The Hall–Kier alpha value is -3.19. The largest absolute Gasteiger partial charge is 0.463 e. The predicted octanol–water partition coefficient (Wildman–Crippen LogP) is 3.79. The number of likely N-dealkylation sites (tertiary alicyclic amines) is 1. The van der Waals surface area contributed by atoms with Gasteiger partial charge in [-0.3, -0.25) is 4.90 Å². The van der Waals surface area contributed by atoms with Crippen molar-refractivity contribution in [2.45, 2.75) is 32.2 Å². The second kappa shape index (κ2) is 9.53. The van der Waals surface area contributed by atoms with Crippen LogP contribution in [0.1, 0.15) is 42.0 Å². The zero-order valence-corrected chi connectivity index (χ0v) is 18.4. The summed E-state index contributed by atoms with van der Waals surface area (Å²) in [6.45, 7) is 6.17. The second-order valence-corrected chi connectivity index (χ2v) is 8.33. The number of nitrogens with one attached hydrogen (secondary N) is 2. The number of urea groups is 1. The second-order valence-electron chi connectivity index (χ2n) is 8.33. The lowest BCUT2D eigenvalue weighted by atomic mass is 9.95. The highest BCUT2D eigenvalue weighted by Gasteiger charge is 2.35. The van der Waals surface area contributed by atoms with Gasteiger partial charge < -0.3 is 15.4 Å². The van der Waals surface area contributed by atoms with Crippen molar-refractivity contribution in [2.75, 3.05) is 26.2 Å². The van der Waals surface area contributed by atoms with Crippen molar-refractivity contribution in [1.82, 2.24) is 15.5 Å². The van der Waals surface area contributed by atoms with Gasteiger partial charge in [0, 0.05) is 18.8 Å². The molecule has 0 bridgehead atoms. The minimum atomic E-state index is -0.700. The summed E-state index contributed by atoms with van der Waals surface area (Å²) in [6.07, 6.45) is 1.01. The summed E-state index contributed by atoms with van der Waals surface area (Å²) in [6, 6.07) is 13.3. The lowest BCUT2D eigenvalue weighted by Gasteiger charge is -2.31. The molecule has 2 N–H and O–H groups in total. The number of hydrogen-bond donors (Lipinski definition) is 2. The number of halogens is 1. The van der Waals surface area contributed by atoms with Crippen LogP contribution in [0.5, 0.6) is 0 Å². The summed E-state index contributed by atoms with van der Waals surface area (Å²) < 4.78 is 18.8. The molecule has 0 saturated carbocycles. The lowest BCUT2D eigenvalue weighted by molar-refractivity contribution is -0.139. The van der Waals surface area contributed by atoms with Crippen LogP contribution in [-0.2, 0) is 9.53 Å². The van der Waals surface area contributed by atoms with Crippen molar-refractivity contribution in [3.05, 3.63) is 82.3 Å². The van der Waals surface area contributed by atoms with Crippen molar-refractivity contribution in [3.63, 3.8) is 0 Å². The Morgan fingerprint density at radius 3 is 2.50 bits per heavy atom. The van der Waals surface area contributed by atoms with Gasteiger partial charge in [-0.25, -0.2) is 14.0 Å². The number of esters is 1. The van der Waals surface area contributed by atoms with Crippen molar-refractivity contribution in [3.8, 4) is 0 Å². The number of carbonyl (C=O) groups is 2.